The minimum absolute atomic E-state index is 0.0187. The average molecular weight is 579 g/mol. The Labute approximate surface area is 214 Å². The van der Waals surface area contributed by atoms with Crippen LogP contribution in [-0.4, -0.2) is 64.6 Å². The summed E-state index contributed by atoms with van der Waals surface area (Å²) in [6.45, 7) is 2.02. The van der Waals surface area contributed by atoms with Crippen molar-refractivity contribution in [2.75, 3.05) is 24.4 Å². The summed E-state index contributed by atoms with van der Waals surface area (Å²) in [6.07, 6.45) is 0.381. The molecule has 0 unspecified atom stereocenters. The second-order valence-electron chi connectivity index (χ2n) is 8.41. The van der Waals surface area contributed by atoms with Crippen molar-refractivity contribution in [3.8, 4) is 5.75 Å². The zero-order valence-electron chi connectivity index (χ0n) is 19.4. The quantitative estimate of drug-likeness (QED) is 0.422. The number of piperidine rings is 1. The first kappa shape index (κ1) is 27.6. The van der Waals surface area contributed by atoms with E-state index in [1.165, 1.54) is 4.72 Å². The third-order valence-electron chi connectivity index (χ3n) is 5.73. The number of carbonyl (C=O) groups excluding carboxylic acids is 2. The molecule has 0 spiro atoms. The van der Waals surface area contributed by atoms with Crippen molar-refractivity contribution in [1.82, 2.24) is 14.8 Å². The number of hydrogen-bond donors (Lipinski definition) is 2. The Morgan fingerprint density at radius 1 is 1.26 bits per heavy atom. The molecule has 4 rings (SSSR count). The van der Waals surface area contributed by atoms with Gasteiger partial charge in [-0.1, -0.05) is 11.6 Å². The fraction of sp³-hybridized carbons (Fsp3) is 0.381. The maximum absolute atomic E-state index is 13.4. The first-order valence-corrected chi connectivity index (χ1v) is 14.1. The highest BCUT2D eigenvalue weighted by atomic mass is 32.2. The second kappa shape index (κ2) is 10.4. The Morgan fingerprint density at radius 2 is 1.97 bits per heavy atom. The smallest absolute Gasteiger partial charge is 0.404 e. The van der Waals surface area contributed by atoms with Crippen molar-refractivity contribution in [1.29, 1.82) is 0 Å². The third kappa shape index (κ3) is 6.16. The molecule has 0 bridgehead atoms. The van der Waals surface area contributed by atoms with Crippen LogP contribution < -0.4 is 14.2 Å². The topological polar surface area (TPSA) is 165 Å². The van der Waals surface area contributed by atoms with Gasteiger partial charge in [-0.15, -0.1) is 13.2 Å². The summed E-state index contributed by atoms with van der Waals surface area (Å²) < 4.78 is 102. The summed E-state index contributed by atoms with van der Waals surface area (Å²) in [6, 6.07) is 1.59. The Balaban J connectivity index is 1.79. The summed E-state index contributed by atoms with van der Waals surface area (Å²) in [5.74, 6) is -3.23. The molecule has 1 aromatic heterocycles. The number of ketones is 1. The highest BCUT2D eigenvalue weighted by Gasteiger charge is 2.42. The fourth-order valence-corrected chi connectivity index (χ4v) is 6.15. The molecule has 2 aliphatic rings. The first-order valence-electron chi connectivity index (χ1n) is 11.2. The lowest BCUT2D eigenvalue weighted by Gasteiger charge is -2.25. The molecule has 0 radical (unpaired) electrons. The van der Waals surface area contributed by atoms with Crippen LogP contribution in [0.2, 0.25) is 0 Å². The number of sulfonamides is 2. The van der Waals surface area contributed by atoms with E-state index in [1.54, 1.807) is 0 Å². The van der Waals surface area contributed by atoms with Gasteiger partial charge in [0.1, 0.15) is 10.5 Å². The number of allylic oxidation sites excluding steroid dienone is 1. The lowest BCUT2D eigenvalue weighted by molar-refractivity contribution is -0.274. The van der Waals surface area contributed by atoms with Crippen molar-refractivity contribution in [3.63, 3.8) is 0 Å². The first-order chi connectivity index (χ1) is 17.8. The normalized spacial score (nSPS) is 17.8. The Bertz CT molecular complexity index is 1480. The Hall–Kier alpha value is -3.44. The number of carbonyl (C=O) groups is 2. The van der Waals surface area contributed by atoms with Crippen LogP contribution in [-0.2, 0) is 24.8 Å². The number of nitrogens with one attached hydrogen (secondary N) is 2. The van der Waals surface area contributed by atoms with Gasteiger partial charge in [0, 0.05) is 24.6 Å². The molecule has 206 valence electrons. The van der Waals surface area contributed by atoms with Crippen LogP contribution in [0.15, 0.2) is 38.9 Å². The van der Waals surface area contributed by atoms with Crippen LogP contribution in [0, 0.1) is 0 Å². The number of nitrogens with zero attached hydrogens (tertiary/aromatic N) is 2. The van der Waals surface area contributed by atoms with Crippen LogP contribution >= 0.6 is 0 Å². The molecule has 0 aliphatic carbocycles. The van der Waals surface area contributed by atoms with Gasteiger partial charge in [-0.25, -0.2) is 13.1 Å². The molecule has 2 aliphatic heterocycles. The van der Waals surface area contributed by atoms with Gasteiger partial charge in [0.2, 0.25) is 0 Å². The van der Waals surface area contributed by atoms with Gasteiger partial charge >= 0.3 is 6.36 Å². The van der Waals surface area contributed by atoms with Gasteiger partial charge in [0.25, 0.3) is 31.0 Å². The molecular weight excluding hydrogens is 557 g/mol. The van der Waals surface area contributed by atoms with E-state index in [1.807, 2.05) is 4.72 Å². The molecule has 3 heterocycles. The van der Waals surface area contributed by atoms with E-state index in [-0.39, 0.29) is 6.42 Å². The Kier molecular flexibility index (Phi) is 7.53. The number of benzene rings is 1. The molecule has 1 fully saturated rings. The predicted octanol–water partition coefficient (Wildman–Crippen LogP) is 2.26. The summed E-state index contributed by atoms with van der Waals surface area (Å²) in [5, 5.41) is 2.51. The summed E-state index contributed by atoms with van der Waals surface area (Å²) in [4.78, 5) is 26.0. The van der Waals surface area contributed by atoms with Gasteiger partial charge in [0.15, 0.2) is 11.5 Å². The summed E-state index contributed by atoms with van der Waals surface area (Å²) >= 11 is 0. The van der Waals surface area contributed by atoms with E-state index in [0.29, 0.717) is 12.6 Å². The minimum atomic E-state index is -5.41. The standard InChI is InChI=1S/C21H21F3N4O8S2/c22-21(23,24)35-19-14(5-4-13(29)7-11-28-9-2-1-3-10-28)15(26-38(33,34)17-6-8-25-36-17)12-16-18(19)20(30)27-37(16,31)32/h4-6,8,12,26H,1-3,7,9-11H2,(H,27,30)/b5-4+. The fourth-order valence-electron chi connectivity index (χ4n) is 4.03. The zero-order chi connectivity index (χ0) is 27.7. The van der Waals surface area contributed by atoms with Crippen molar-refractivity contribution < 1.29 is 48.9 Å². The molecule has 2 aromatic rings. The number of likely N-dealkylation sites (tertiary alicyclic amines) is 1. The molecule has 17 heteroatoms. The molecule has 0 atom stereocenters. The number of anilines is 1. The van der Waals surface area contributed by atoms with Crippen LogP contribution in [0.3, 0.4) is 0 Å². The van der Waals surface area contributed by atoms with E-state index in [0.717, 1.165) is 56.8 Å². The lowest BCUT2D eigenvalue weighted by Crippen LogP contribution is -2.31. The molecular formula is C21H21F3N4O8S2. The van der Waals surface area contributed by atoms with Gasteiger partial charge < -0.3 is 14.2 Å². The van der Waals surface area contributed by atoms with Crippen molar-refractivity contribution in [2.24, 2.45) is 0 Å². The third-order valence-corrected chi connectivity index (χ3v) is 8.31. The van der Waals surface area contributed by atoms with E-state index in [9.17, 15) is 39.6 Å². The van der Waals surface area contributed by atoms with Crippen LogP contribution in [0.5, 0.6) is 5.75 Å². The molecule has 12 nitrogen and oxygen atoms in total. The molecule has 1 aromatic carbocycles. The van der Waals surface area contributed by atoms with Crippen molar-refractivity contribution in [3.05, 3.63) is 35.5 Å². The monoisotopic (exact) mass is 578 g/mol. The largest absolute Gasteiger partial charge is 0.573 e. The van der Waals surface area contributed by atoms with Crippen molar-refractivity contribution in [2.45, 2.75) is 42.0 Å². The lowest BCUT2D eigenvalue weighted by atomic mass is 10.0. The van der Waals surface area contributed by atoms with Gasteiger partial charge in [0.05, 0.1) is 11.9 Å². The van der Waals surface area contributed by atoms with Crippen LogP contribution in [0.25, 0.3) is 6.08 Å². The SMILES string of the molecule is O=C(/C=C/c1c(NS(=O)(=O)c2ccno2)cc2c(c1OC(F)(F)F)C(=O)NS2(=O)=O)CCN1CCCCC1. The van der Waals surface area contributed by atoms with Crippen LogP contribution in [0.1, 0.15) is 41.6 Å². The number of halogens is 3. The Morgan fingerprint density at radius 3 is 2.61 bits per heavy atom. The molecule has 2 N–H and O–H groups in total. The maximum atomic E-state index is 13.4. The number of ether oxygens (including phenoxy) is 1. The highest BCUT2D eigenvalue weighted by Crippen LogP contribution is 2.42. The van der Waals surface area contributed by atoms with E-state index >= 15 is 0 Å². The van der Waals surface area contributed by atoms with Gasteiger partial charge in [-0.05, 0) is 44.1 Å². The predicted molar refractivity (Wildman–Crippen MR) is 124 cm³/mol. The number of amides is 1. The number of hydrogen-bond acceptors (Lipinski definition) is 10. The summed E-state index contributed by atoms with van der Waals surface area (Å²) in [7, 11) is -9.27. The van der Waals surface area contributed by atoms with Crippen molar-refractivity contribution >= 4 is 43.5 Å². The van der Waals surface area contributed by atoms with Crippen LogP contribution in [0.4, 0.5) is 18.9 Å². The molecule has 1 saturated heterocycles. The van der Waals surface area contributed by atoms with E-state index < -0.39 is 70.7 Å². The maximum Gasteiger partial charge on any atom is 0.573 e. The molecule has 0 saturated carbocycles. The minimum Gasteiger partial charge on any atom is -0.404 e. The number of alkyl halides is 3. The zero-order valence-corrected chi connectivity index (χ0v) is 21.1. The second-order valence-corrected chi connectivity index (χ2v) is 11.7. The van der Waals surface area contributed by atoms with Gasteiger partial charge in [-0.2, -0.15) is 8.42 Å². The molecule has 1 amide bonds. The molecule has 38 heavy (non-hydrogen) atoms. The van der Waals surface area contributed by atoms with E-state index in [4.69, 9.17) is 0 Å². The number of fused-ring (bicyclic) bond motifs is 1. The summed E-state index contributed by atoms with van der Waals surface area (Å²) in [5.41, 5.74) is -2.42. The number of aromatic nitrogens is 1. The van der Waals surface area contributed by atoms with Gasteiger partial charge in [-0.3, -0.25) is 14.3 Å². The average Bonchev–Trinajstić information content (AvgIpc) is 3.44. The number of rotatable bonds is 9. The highest BCUT2D eigenvalue weighted by molar-refractivity contribution is 7.92. The van der Waals surface area contributed by atoms with E-state index in [2.05, 4.69) is 19.3 Å².